The lowest BCUT2D eigenvalue weighted by atomic mass is 10.1. The fraction of sp³-hybridized carbons (Fsp3) is 0.522. The molecule has 9 heteroatoms. The van der Waals surface area contributed by atoms with Gasteiger partial charge in [-0.1, -0.05) is 31.5 Å². The van der Waals surface area contributed by atoms with Crippen LogP contribution in [0.15, 0.2) is 35.3 Å². The first-order valence-corrected chi connectivity index (χ1v) is 11.1. The number of ether oxygens (including phenoxy) is 2. The number of benzene rings is 1. The van der Waals surface area contributed by atoms with E-state index < -0.39 is 0 Å². The van der Waals surface area contributed by atoms with Gasteiger partial charge in [0, 0.05) is 26.7 Å². The summed E-state index contributed by atoms with van der Waals surface area (Å²) in [4.78, 5) is 4.21. The van der Waals surface area contributed by atoms with Crippen molar-refractivity contribution in [2.75, 3.05) is 52.3 Å². The third-order valence-electron chi connectivity index (χ3n) is 4.77. The molecule has 0 saturated heterocycles. The number of nitriles is 1. The number of anilines is 1. The van der Waals surface area contributed by atoms with Gasteiger partial charge in [0.15, 0.2) is 5.96 Å². The van der Waals surface area contributed by atoms with Gasteiger partial charge < -0.3 is 25.8 Å². The predicted octanol–water partition coefficient (Wildman–Crippen LogP) is 2.26. The smallest absolute Gasteiger partial charge is 0.191 e. The Morgan fingerprint density at radius 2 is 1.81 bits per heavy atom. The molecule has 9 nitrogen and oxygen atoms in total. The second-order valence-electron chi connectivity index (χ2n) is 7.17. The highest BCUT2D eigenvalue weighted by Gasteiger charge is 2.16. The van der Waals surface area contributed by atoms with Gasteiger partial charge in [0.2, 0.25) is 0 Å². The zero-order chi connectivity index (χ0) is 23.0. The molecule has 0 bridgehead atoms. The normalized spacial score (nSPS) is 11.3. The van der Waals surface area contributed by atoms with Crippen LogP contribution in [0.2, 0.25) is 0 Å². The third-order valence-corrected chi connectivity index (χ3v) is 4.77. The van der Waals surface area contributed by atoms with Gasteiger partial charge in [0.25, 0.3) is 0 Å². The van der Waals surface area contributed by atoms with Crippen LogP contribution in [0.1, 0.15) is 37.4 Å². The topological polar surface area (TPSA) is 123 Å². The van der Waals surface area contributed by atoms with Crippen molar-refractivity contribution in [1.82, 2.24) is 20.4 Å². The molecule has 0 fully saturated rings. The maximum absolute atomic E-state index is 9.51. The minimum Gasteiger partial charge on any atom is -0.382 e. The minimum atomic E-state index is 0.370. The number of rotatable bonds is 14. The van der Waals surface area contributed by atoms with E-state index in [1.54, 1.807) is 11.7 Å². The van der Waals surface area contributed by atoms with Gasteiger partial charge >= 0.3 is 0 Å². The highest BCUT2D eigenvalue weighted by Crippen LogP contribution is 2.21. The number of aromatic nitrogens is 2. The van der Waals surface area contributed by atoms with Crippen molar-refractivity contribution in [2.24, 2.45) is 4.99 Å². The second-order valence-corrected chi connectivity index (χ2v) is 7.17. The Morgan fingerprint density at radius 3 is 2.50 bits per heavy atom. The number of nitrogens with one attached hydrogen (secondary N) is 2. The molecule has 2 rings (SSSR count). The first kappa shape index (κ1) is 25.2. The molecule has 0 aliphatic heterocycles. The summed E-state index contributed by atoms with van der Waals surface area (Å²) in [6, 6.07) is 11.8. The molecule has 174 valence electrons. The van der Waals surface area contributed by atoms with E-state index in [0.717, 1.165) is 31.6 Å². The Hall–Kier alpha value is -3.09. The fourth-order valence-electron chi connectivity index (χ4n) is 3.03. The van der Waals surface area contributed by atoms with E-state index in [9.17, 15) is 5.26 Å². The van der Waals surface area contributed by atoms with Crippen molar-refractivity contribution in [3.05, 3.63) is 41.6 Å². The van der Waals surface area contributed by atoms with Crippen LogP contribution in [0.4, 0.5) is 5.82 Å². The summed E-state index contributed by atoms with van der Waals surface area (Å²) < 4.78 is 12.6. The molecule has 0 spiro atoms. The minimum absolute atomic E-state index is 0.370. The van der Waals surface area contributed by atoms with Crippen LogP contribution in [-0.4, -0.2) is 62.3 Å². The van der Waals surface area contributed by atoms with Gasteiger partial charge in [-0.3, -0.25) is 4.99 Å². The summed E-state index contributed by atoms with van der Waals surface area (Å²) in [5.74, 6) is 1.08. The molecule has 0 unspecified atom stereocenters. The zero-order valence-electron chi connectivity index (χ0n) is 19.1. The van der Waals surface area contributed by atoms with E-state index >= 15 is 0 Å². The van der Waals surface area contributed by atoms with Gasteiger partial charge in [0.1, 0.15) is 17.5 Å². The number of hydrogen-bond donors (Lipinski definition) is 3. The quantitative estimate of drug-likeness (QED) is 0.233. The molecule has 32 heavy (non-hydrogen) atoms. The number of para-hydroxylation sites is 1. The number of aryl methyl sites for hydroxylation is 1. The maximum Gasteiger partial charge on any atom is 0.191 e. The van der Waals surface area contributed by atoms with Gasteiger partial charge in [-0.2, -0.15) is 10.4 Å². The van der Waals surface area contributed by atoms with Gasteiger partial charge in [0.05, 0.1) is 31.2 Å². The number of aliphatic imine (C=N–C) groups is 1. The summed E-state index contributed by atoms with van der Waals surface area (Å²) in [7, 11) is 1.73. The van der Waals surface area contributed by atoms with Crippen LogP contribution in [0.3, 0.4) is 0 Å². The van der Waals surface area contributed by atoms with E-state index in [1.807, 2.05) is 30.3 Å². The number of guanidine groups is 1. The molecule has 0 saturated carbocycles. The summed E-state index contributed by atoms with van der Waals surface area (Å²) >= 11 is 0. The van der Waals surface area contributed by atoms with Crippen molar-refractivity contribution in [1.29, 1.82) is 5.26 Å². The van der Waals surface area contributed by atoms with Crippen molar-refractivity contribution >= 4 is 11.8 Å². The van der Waals surface area contributed by atoms with Crippen LogP contribution in [0, 0.1) is 11.3 Å². The first-order valence-electron chi connectivity index (χ1n) is 11.1. The molecule has 1 heterocycles. The molecule has 0 atom stereocenters. The Balaban J connectivity index is 1.68. The highest BCUT2D eigenvalue weighted by molar-refractivity contribution is 5.79. The number of nitrogen functional groups attached to an aromatic ring is 1. The third kappa shape index (κ3) is 8.21. The Labute approximate surface area is 190 Å². The van der Waals surface area contributed by atoms with E-state index in [2.05, 4.69) is 33.7 Å². The van der Waals surface area contributed by atoms with Crippen molar-refractivity contribution < 1.29 is 9.47 Å². The van der Waals surface area contributed by atoms with Gasteiger partial charge in [-0.15, -0.1) is 0 Å². The average Bonchev–Trinajstić information content (AvgIpc) is 3.14. The number of hydrogen-bond acceptors (Lipinski definition) is 6. The molecule has 0 radical (unpaired) electrons. The molecular formula is C23H35N7O2. The predicted molar refractivity (Wildman–Crippen MR) is 127 cm³/mol. The summed E-state index contributed by atoms with van der Waals surface area (Å²) in [5, 5.41) is 20.5. The number of unbranched alkanes of at least 4 members (excludes halogenated alkanes) is 1. The van der Waals surface area contributed by atoms with E-state index in [0.29, 0.717) is 62.4 Å². The van der Waals surface area contributed by atoms with Crippen molar-refractivity contribution in [3.8, 4) is 11.8 Å². The average molecular weight is 442 g/mol. The number of nitrogens with two attached hydrogens (primary N) is 1. The zero-order valence-corrected chi connectivity index (χ0v) is 19.1. The van der Waals surface area contributed by atoms with E-state index in [4.69, 9.17) is 15.2 Å². The summed E-state index contributed by atoms with van der Waals surface area (Å²) in [6.45, 7) is 6.09. The van der Waals surface area contributed by atoms with Crippen LogP contribution < -0.4 is 16.4 Å². The van der Waals surface area contributed by atoms with Crippen LogP contribution >= 0.6 is 0 Å². The molecule has 1 aromatic heterocycles. The standard InChI is InChI=1S/C23H35N7O2/c1-3-4-14-31-16-17-32-15-13-28-23(26-2)27-12-8-11-21-20(18-24)22(25)30(29-21)19-9-6-5-7-10-19/h5-7,9-10H,3-4,8,11-17,25H2,1-2H3,(H2,26,27,28). The molecule has 0 aliphatic carbocycles. The van der Waals surface area contributed by atoms with E-state index in [1.165, 1.54) is 0 Å². The van der Waals surface area contributed by atoms with Crippen molar-refractivity contribution in [3.63, 3.8) is 0 Å². The molecule has 1 aromatic carbocycles. The monoisotopic (exact) mass is 441 g/mol. The lowest BCUT2D eigenvalue weighted by molar-refractivity contribution is 0.0487. The lowest BCUT2D eigenvalue weighted by Gasteiger charge is -2.12. The number of nitrogens with zero attached hydrogens (tertiary/aromatic N) is 4. The Bertz CT molecular complexity index is 859. The summed E-state index contributed by atoms with van der Waals surface area (Å²) in [6.07, 6.45) is 3.65. The Morgan fingerprint density at radius 1 is 1.09 bits per heavy atom. The Kier molecular flexibility index (Phi) is 11.7. The molecule has 2 aromatic rings. The highest BCUT2D eigenvalue weighted by atomic mass is 16.5. The molecule has 0 amide bonds. The second kappa shape index (κ2) is 14.8. The van der Waals surface area contributed by atoms with Crippen LogP contribution in [-0.2, 0) is 15.9 Å². The molecule has 0 aliphatic rings. The van der Waals surface area contributed by atoms with Gasteiger partial charge in [-0.05, 0) is 31.4 Å². The summed E-state index contributed by atoms with van der Waals surface area (Å²) in [5.41, 5.74) is 8.13. The SMILES string of the molecule is CCCCOCCOCCNC(=NC)NCCCc1nn(-c2ccccc2)c(N)c1C#N. The lowest BCUT2D eigenvalue weighted by Crippen LogP contribution is -2.39. The largest absolute Gasteiger partial charge is 0.382 e. The van der Waals surface area contributed by atoms with Crippen LogP contribution in [0.25, 0.3) is 5.69 Å². The van der Waals surface area contributed by atoms with Gasteiger partial charge in [-0.25, -0.2) is 4.68 Å². The van der Waals surface area contributed by atoms with Crippen LogP contribution in [0.5, 0.6) is 0 Å². The fourth-order valence-corrected chi connectivity index (χ4v) is 3.03. The first-order chi connectivity index (χ1) is 15.7. The van der Waals surface area contributed by atoms with Crippen molar-refractivity contribution in [2.45, 2.75) is 32.6 Å². The molecular weight excluding hydrogens is 406 g/mol. The molecule has 4 N–H and O–H groups in total. The maximum atomic E-state index is 9.51. The van der Waals surface area contributed by atoms with E-state index in [-0.39, 0.29) is 0 Å².